The molecule has 0 fully saturated rings. The number of Topliss-reactive ketones (excluding diaryl/α,β-unsaturated/α-hetero) is 1. The van der Waals surface area contributed by atoms with Crippen molar-refractivity contribution in [2.75, 3.05) is 6.54 Å². The molecule has 2 N–H and O–H groups in total. The van der Waals surface area contributed by atoms with Crippen molar-refractivity contribution in [1.29, 1.82) is 0 Å². The van der Waals surface area contributed by atoms with Crippen LogP contribution in [0.5, 0.6) is 0 Å². The number of nitrogens with zero attached hydrogens (tertiary/aromatic N) is 3. The van der Waals surface area contributed by atoms with E-state index in [1.54, 1.807) is 0 Å². The lowest BCUT2D eigenvalue weighted by Crippen LogP contribution is -2.16. The molecule has 0 aliphatic heterocycles. The topological polar surface area (TPSA) is 111 Å². The number of nitro groups is 1. The van der Waals surface area contributed by atoms with Crippen molar-refractivity contribution < 1.29 is 9.72 Å². The third-order valence-electron chi connectivity index (χ3n) is 0.840. The van der Waals surface area contributed by atoms with Gasteiger partial charge in [-0.05, 0) is 11.8 Å². The number of carbonyl (C=O) groups is 1. The van der Waals surface area contributed by atoms with Crippen LogP contribution in [0, 0.1) is 10.1 Å². The van der Waals surface area contributed by atoms with E-state index in [-0.39, 0.29) is 12.3 Å². The second-order valence-electron chi connectivity index (χ2n) is 1.92. The predicted molar refractivity (Wildman–Crippen MR) is 42.7 cm³/mol. The molecule has 0 radical (unpaired) electrons. The summed E-state index contributed by atoms with van der Waals surface area (Å²) < 4.78 is 0. The maximum absolute atomic E-state index is 10.3. The Hall–Kier alpha value is -1.79. The third kappa shape index (κ3) is 4.09. The first kappa shape index (κ1) is 10.2. The van der Waals surface area contributed by atoms with Gasteiger partial charge in [-0.25, -0.2) is 5.84 Å². The minimum absolute atomic E-state index is 0.104. The molecule has 0 aromatic rings. The zero-order valence-corrected chi connectivity index (χ0v) is 6.43. The number of hydrogen-bond acceptors (Lipinski definition) is 6. The Labute approximate surface area is 68.1 Å². The molecule has 0 atom stereocenters. The lowest BCUT2D eigenvalue weighted by molar-refractivity contribution is -0.345. The number of carbonyl (C=O) groups excluding carboxylic acids is 1. The van der Waals surface area contributed by atoms with E-state index in [9.17, 15) is 14.9 Å². The van der Waals surface area contributed by atoms with Crippen LogP contribution in [0.3, 0.4) is 0 Å². The molecular weight excluding hydrogens is 164 g/mol. The molecule has 0 heterocycles. The molecule has 12 heavy (non-hydrogen) atoms. The summed E-state index contributed by atoms with van der Waals surface area (Å²) in [6, 6.07) is 0. The number of nitrogens with two attached hydrogens (primary N) is 1. The van der Waals surface area contributed by atoms with Crippen LogP contribution in [-0.2, 0) is 4.79 Å². The first-order chi connectivity index (χ1) is 5.57. The van der Waals surface area contributed by atoms with Crippen LogP contribution in [0.25, 0.3) is 0 Å². The van der Waals surface area contributed by atoms with Gasteiger partial charge in [0.2, 0.25) is 0 Å². The second-order valence-corrected chi connectivity index (χ2v) is 1.92. The zero-order chi connectivity index (χ0) is 9.56. The smallest absolute Gasteiger partial charge is 0.358 e. The summed E-state index contributed by atoms with van der Waals surface area (Å²) in [7, 11) is 0. The maximum Gasteiger partial charge on any atom is 0.405 e. The molecule has 66 valence electrons. The van der Waals surface area contributed by atoms with Crippen LogP contribution in [-0.4, -0.2) is 29.3 Å². The van der Waals surface area contributed by atoms with Gasteiger partial charge in [0, 0.05) is 0 Å². The third-order valence-corrected chi connectivity index (χ3v) is 0.840. The van der Waals surface area contributed by atoms with E-state index < -0.39 is 10.8 Å². The molecule has 0 unspecified atom stereocenters. The van der Waals surface area contributed by atoms with Gasteiger partial charge in [-0.2, -0.15) is 0 Å². The van der Waals surface area contributed by atoms with Gasteiger partial charge in [0.25, 0.3) is 0 Å². The van der Waals surface area contributed by atoms with Crippen molar-refractivity contribution in [3.05, 3.63) is 10.1 Å². The van der Waals surface area contributed by atoms with Crippen LogP contribution >= 0.6 is 0 Å². The van der Waals surface area contributed by atoms with Gasteiger partial charge in [0.05, 0.1) is 11.6 Å². The van der Waals surface area contributed by atoms with Crippen molar-refractivity contribution in [2.24, 2.45) is 15.9 Å². The molecule has 0 saturated heterocycles. The maximum atomic E-state index is 10.3. The first-order valence-electron chi connectivity index (χ1n) is 2.99. The lowest BCUT2D eigenvalue weighted by Gasteiger charge is -1.88. The van der Waals surface area contributed by atoms with Crippen molar-refractivity contribution in [3.63, 3.8) is 0 Å². The summed E-state index contributed by atoms with van der Waals surface area (Å²) >= 11 is 0. The number of rotatable bonds is 3. The molecule has 0 saturated carbocycles. The van der Waals surface area contributed by atoms with Gasteiger partial charge >= 0.3 is 5.84 Å². The van der Waals surface area contributed by atoms with E-state index in [0.717, 1.165) is 6.21 Å². The molecule has 0 amide bonds. The SMILES string of the molecule is CC(=O)CN=CC(=NN)[N+](=O)[O-]. The van der Waals surface area contributed by atoms with Crippen molar-refractivity contribution in [3.8, 4) is 0 Å². The van der Waals surface area contributed by atoms with Crippen molar-refractivity contribution in [2.45, 2.75) is 6.92 Å². The van der Waals surface area contributed by atoms with Crippen molar-refractivity contribution >= 4 is 17.8 Å². The van der Waals surface area contributed by atoms with E-state index >= 15 is 0 Å². The number of hydrogen-bond donors (Lipinski definition) is 1. The standard InChI is InChI=1S/C5H8N4O3/c1-4(10)2-7-3-5(8-6)9(11)12/h3H,2,6H2,1H3. The summed E-state index contributed by atoms with van der Waals surface area (Å²) in [4.78, 5) is 23.0. The summed E-state index contributed by atoms with van der Waals surface area (Å²) in [6.45, 7) is 1.22. The van der Waals surface area contributed by atoms with Gasteiger partial charge in [0.15, 0.2) is 5.78 Å². The fourth-order valence-electron chi connectivity index (χ4n) is 0.383. The Kier molecular flexibility index (Phi) is 4.20. The highest BCUT2D eigenvalue weighted by Crippen LogP contribution is 1.76. The lowest BCUT2D eigenvalue weighted by atomic mass is 10.5. The van der Waals surface area contributed by atoms with Crippen LogP contribution in [0.4, 0.5) is 0 Å². The molecule has 0 rings (SSSR count). The minimum atomic E-state index is -0.788. The van der Waals surface area contributed by atoms with Gasteiger partial charge in [-0.15, -0.1) is 0 Å². The van der Waals surface area contributed by atoms with Gasteiger partial charge < -0.3 is 10.1 Å². The second kappa shape index (κ2) is 4.94. The predicted octanol–water partition coefficient (Wildman–Crippen LogP) is -0.805. The molecule has 0 aliphatic rings. The Balaban J connectivity index is 4.13. The minimum Gasteiger partial charge on any atom is -0.358 e. The summed E-state index contributed by atoms with van der Waals surface area (Å²) in [5, 5.41) is 12.9. The zero-order valence-electron chi connectivity index (χ0n) is 6.43. The molecule has 0 bridgehead atoms. The van der Waals surface area contributed by atoms with Crippen LogP contribution in [0.2, 0.25) is 0 Å². The van der Waals surface area contributed by atoms with Crippen LogP contribution < -0.4 is 5.84 Å². The van der Waals surface area contributed by atoms with E-state index in [1.807, 2.05) is 0 Å². The average molecular weight is 172 g/mol. The highest BCUT2D eigenvalue weighted by atomic mass is 16.6. The molecule has 0 aliphatic carbocycles. The molecule has 7 heteroatoms. The Morgan fingerprint density at radius 1 is 1.75 bits per heavy atom. The average Bonchev–Trinajstić information content (AvgIpc) is 1.96. The quantitative estimate of drug-likeness (QED) is 0.197. The Morgan fingerprint density at radius 2 is 2.33 bits per heavy atom. The normalized spacial score (nSPS) is 11.9. The van der Waals surface area contributed by atoms with E-state index in [4.69, 9.17) is 0 Å². The van der Waals surface area contributed by atoms with Crippen molar-refractivity contribution in [1.82, 2.24) is 0 Å². The van der Waals surface area contributed by atoms with Gasteiger partial charge in [-0.3, -0.25) is 9.79 Å². The van der Waals surface area contributed by atoms with Crippen LogP contribution in [0.1, 0.15) is 6.92 Å². The molecule has 0 aromatic heterocycles. The highest BCUT2D eigenvalue weighted by molar-refractivity contribution is 6.25. The number of hydrazone groups is 1. The van der Waals surface area contributed by atoms with Gasteiger partial charge in [-0.1, -0.05) is 0 Å². The summed E-state index contributed by atoms with van der Waals surface area (Å²) in [6.07, 6.45) is 0.849. The van der Waals surface area contributed by atoms with Crippen LogP contribution in [0.15, 0.2) is 10.1 Å². The largest absolute Gasteiger partial charge is 0.405 e. The number of amidine groups is 1. The summed E-state index contributed by atoms with van der Waals surface area (Å²) in [5.41, 5.74) is 0. The first-order valence-corrected chi connectivity index (χ1v) is 2.99. The van der Waals surface area contributed by atoms with E-state index in [2.05, 4.69) is 15.9 Å². The summed E-state index contributed by atoms with van der Waals surface area (Å²) in [5.74, 6) is 3.90. The molecule has 7 nitrogen and oxygen atoms in total. The Morgan fingerprint density at radius 3 is 2.67 bits per heavy atom. The van der Waals surface area contributed by atoms with E-state index in [1.165, 1.54) is 6.92 Å². The van der Waals surface area contributed by atoms with E-state index in [0.29, 0.717) is 0 Å². The van der Waals surface area contributed by atoms with Gasteiger partial charge in [0.1, 0.15) is 6.21 Å². The molecule has 0 aromatic carbocycles. The number of aliphatic imine (C=N–C) groups is 1. The molecule has 0 spiro atoms. The Bertz CT molecular complexity index is 245. The monoisotopic (exact) mass is 172 g/mol. The fourth-order valence-corrected chi connectivity index (χ4v) is 0.383. The number of ketones is 1. The molecular formula is C5H8N4O3. The highest BCUT2D eigenvalue weighted by Gasteiger charge is 2.05. The fraction of sp³-hybridized carbons (Fsp3) is 0.400.